The van der Waals surface area contributed by atoms with E-state index in [0.717, 1.165) is 0 Å². The Labute approximate surface area is 128 Å². The van der Waals surface area contributed by atoms with Crippen LogP contribution in [0.1, 0.15) is 25.7 Å². The van der Waals surface area contributed by atoms with Gasteiger partial charge in [-0.1, -0.05) is 0 Å². The van der Waals surface area contributed by atoms with Gasteiger partial charge in [-0.15, -0.1) is 0 Å². The zero-order valence-electron chi connectivity index (χ0n) is 12.4. The van der Waals surface area contributed by atoms with Gasteiger partial charge >= 0.3 is 5.97 Å². The zero-order valence-corrected chi connectivity index (χ0v) is 12.4. The average molecular weight is 320 g/mol. The summed E-state index contributed by atoms with van der Waals surface area (Å²) >= 11 is 0. The summed E-state index contributed by atoms with van der Waals surface area (Å²) in [5.41, 5.74) is 0. The molecular weight excluding hydrogens is 296 g/mol. The lowest BCUT2D eigenvalue weighted by Gasteiger charge is -2.38. The second-order valence-electron chi connectivity index (χ2n) is 5.66. The first kappa shape index (κ1) is 17.6. The average Bonchev–Trinajstić information content (AvgIpc) is 3.08. The van der Waals surface area contributed by atoms with E-state index in [1.807, 2.05) is 0 Å². The fraction of sp³-hybridized carbons (Fsp3) is 0.929. The summed E-state index contributed by atoms with van der Waals surface area (Å²) in [5.74, 6) is -4.87. The normalized spacial score (nSPS) is 30.9. The predicted molar refractivity (Wildman–Crippen MR) is 72.8 cm³/mol. The van der Waals surface area contributed by atoms with Crippen LogP contribution in [0.4, 0.5) is 0 Å². The van der Waals surface area contributed by atoms with Crippen LogP contribution in [-0.4, -0.2) is 71.0 Å². The molecule has 2 fully saturated rings. The molecule has 2 aliphatic heterocycles. The molecule has 0 radical (unpaired) electrons. The molecule has 2 rings (SSSR count). The minimum atomic E-state index is -2.09. The van der Waals surface area contributed by atoms with E-state index in [1.54, 1.807) is 0 Å². The lowest BCUT2D eigenvalue weighted by Crippen LogP contribution is -2.53. The molecule has 0 aromatic heterocycles. The summed E-state index contributed by atoms with van der Waals surface area (Å²) < 4.78 is 16.4. The molecule has 2 aliphatic rings. The minimum absolute atomic E-state index is 0.0341. The highest BCUT2D eigenvalue weighted by Gasteiger charge is 2.61. The van der Waals surface area contributed by atoms with Crippen LogP contribution >= 0.6 is 0 Å². The number of carboxylic acids is 1. The maximum absolute atomic E-state index is 11.5. The Kier molecular flexibility index (Phi) is 6.13. The number of carboxylic acid groups (broad SMARTS) is 1. The van der Waals surface area contributed by atoms with E-state index in [4.69, 9.17) is 24.4 Å². The molecule has 2 saturated heterocycles. The van der Waals surface area contributed by atoms with E-state index in [2.05, 4.69) is 0 Å². The number of fused-ring (bicyclic) bond motifs is 2. The maximum atomic E-state index is 11.5. The highest BCUT2D eigenvalue weighted by atomic mass is 16.8. The van der Waals surface area contributed by atoms with Gasteiger partial charge in [0.2, 0.25) is 0 Å². The van der Waals surface area contributed by atoms with E-state index >= 15 is 0 Å². The van der Waals surface area contributed by atoms with Crippen molar-refractivity contribution < 1.29 is 39.4 Å². The Hall–Kier alpha value is -0.770. The monoisotopic (exact) mass is 320 g/mol. The second kappa shape index (κ2) is 7.67. The Morgan fingerprint density at radius 1 is 1.09 bits per heavy atom. The summed E-state index contributed by atoms with van der Waals surface area (Å²) in [5, 5.41) is 37.9. The first-order valence-electron chi connectivity index (χ1n) is 7.63. The molecule has 0 amide bonds. The van der Waals surface area contributed by atoms with Gasteiger partial charge in [0.15, 0.2) is 0 Å². The molecule has 0 aliphatic carbocycles. The number of hydrogen-bond acceptors (Lipinski definition) is 7. The summed E-state index contributed by atoms with van der Waals surface area (Å²) in [6.45, 7) is -0.150. The number of ether oxygens (including phenoxy) is 3. The Bertz CT molecular complexity index is 364. The molecule has 0 saturated carbocycles. The van der Waals surface area contributed by atoms with Crippen molar-refractivity contribution in [1.82, 2.24) is 0 Å². The van der Waals surface area contributed by atoms with Gasteiger partial charge < -0.3 is 34.6 Å². The molecular formula is C14H24O8. The zero-order chi connectivity index (χ0) is 16.2. The van der Waals surface area contributed by atoms with Crippen LogP contribution in [0.2, 0.25) is 0 Å². The molecule has 128 valence electrons. The summed E-state index contributed by atoms with van der Waals surface area (Å²) in [7, 11) is 0. The van der Waals surface area contributed by atoms with E-state index in [9.17, 15) is 15.0 Å². The number of rotatable bonds is 10. The summed E-state index contributed by atoms with van der Waals surface area (Å²) in [6, 6.07) is 0. The third-order valence-electron chi connectivity index (χ3n) is 4.20. The van der Waals surface area contributed by atoms with E-state index in [0.29, 0.717) is 25.7 Å². The molecule has 4 atom stereocenters. The molecule has 22 heavy (non-hydrogen) atoms. The van der Waals surface area contributed by atoms with Crippen LogP contribution in [0.3, 0.4) is 0 Å². The van der Waals surface area contributed by atoms with Gasteiger partial charge in [-0.05, 0) is 25.7 Å². The van der Waals surface area contributed by atoms with E-state index < -0.39 is 36.0 Å². The number of hydrogen-bond donors (Lipinski definition) is 4. The molecule has 8 nitrogen and oxygen atoms in total. The van der Waals surface area contributed by atoms with Crippen molar-refractivity contribution in [1.29, 1.82) is 0 Å². The Balaban J connectivity index is 2.12. The molecule has 2 bridgehead atoms. The van der Waals surface area contributed by atoms with Crippen molar-refractivity contribution in [3.8, 4) is 0 Å². The lowest BCUT2D eigenvalue weighted by molar-refractivity contribution is -0.395. The van der Waals surface area contributed by atoms with Crippen molar-refractivity contribution in [3.63, 3.8) is 0 Å². The molecule has 0 aromatic carbocycles. The van der Waals surface area contributed by atoms with Crippen LogP contribution in [0.15, 0.2) is 0 Å². The smallest absolute Gasteiger partial charge is 0.309 e. The van der Waals surface area contributed by atoms with Gasteiger partial charge in [0.1, 0.15) is 0 Å². The predicted octanol–water partition coefficient (Wildman–Crippen LogP) is -0.691. The fourth-order valence-electron chi connectivity index (χ4n) is 3.25. The lowest BCUT2D eigenvalue weighted by atomic mass is 9.77. The standard InChI is InChI=1S/C14H24O8/c15-5-1-7-20-14(19,21-8-2-6-16)12-10-4-3-9(22-10)11(12)13(17)18/h9-12,15-16,19H,1-8H2,(H,17,18). The quantitative estimate of drug-likeness (QED) is 0.308. The summed E-state index contributed by atoms with van der Waals surface area (Å²) in [4.78, 5) is 11.5. The topological polar surface area (TPSA) is 126 Å². The third-order valence-corrected chi connectivity index (χ3v) is 4.20. The van der Waals surface area contributed by atoms with Crippen molar-refractivity contribution in [2.45, 2.75) is 43.9 Å². The fourth-order valence-corrected chi connectivity index (χ4v) is 3.25. The number of aliphatic hydroxyl groups excluding tert-OH is 2. The van der Waals surface area contributed by atoms with Crippen LogP contribution in [0, 0.1) is 11.8 Å². The van der Waals surface area contributed by atoms with Crippen LogP contribution in [0.5, 0.6) is 0 Å². The number of carbonyl (C=O) groups is 1. The van der Waals surface area contributed by atoms with Gasteiger partial charge in [-0.2, -0.15) is 0 Å². The number of aliphatic hydroxyl groups is 3. The van der Waals surface area contributed by atoms with Crippen LogP contribution in [-0.2, 0) is 19.0 Å². The maximum Gasteiger partial charge on any atom is 0.309 e. The Morgan fingerprint density at radius 3 is 2.14 bits per heavy atom. The van der Waals surface area contributed by atoms with Gasteiger partial charge in [-0.3, -0.25) is 4.79 Å². The largest absolute Gasteiger partial charge is 0.481 e. The van der Waals surface area contributed by atoms with E-state index in [-0.39, 0.29) is 26.4 Å². The first-order valence-corrected chi connectivity index (χ1v) is 7.63. The first-order chi connectivity index (χ1) is 10.5. The highest BCUT2D eigenvalue weighted by molar-refractivity contribution is 5.72. The minimum Gasteiger partial charge on any atom is -0.481 e. The number of aliphatic carboxylic acids is 1. The van der Waals surface area contributed by atoms with Gasteiger partial charge in [0.25, 0.3) is 5.97 Å². The van der Waals surface area contributed by atoms with Crippen LogP contribution in [0.25, 0.3) is 0 Å². The van der Waals surface area contributed by atoms with E-state index in [1.165, 1.54) is 0 Å². The van der Waals surface area contributed by atoms with Gasteiger partial charge in [-0.25, -0.2) is 0 Å². The summed E-state index contributed by atoms with van der Waals surface area (Å²) in [6.07, 6.45) is 1.01. The van der Waals surface area contributed by atoms with Gasteiger partial charge in [0, 0.05) is 13.2 Å². The highest BCUT2D eigenvalue weighted by Crippen LogP contribution is 2.49. The molecule has 2 heterocycles. The van der Waals surface area contributed by atoms with Crippen LogP contribution < -0.4 is 0 Å². The van der Waals surface area contributed by atoms with Crippen molar-refractivity contribution >= 4 is 5.97 Å². The molecule has 4 unspecified atom stereocenters. The second-order valence-corrected chi connectivity index (χ2v) is 5.66. The van der Waals surface area contributed by atoms with Crippen molar-refractivity contribution in [2.75, 3.05) is 26.4 Å². The molecule has 4 N–H and O–H groups in total. The SMILES string of the molecule is O=C(O)C1C2CCC(O2)C1C(O)(OCCCO)OCCCO. The molecule has 8 heteroatoms. The Morgan fingerprint density at radius 2 is 1.64 bits per heavy atom. The van der Waals surface area contributed by atoms with Crippen molar-refractivity contribution in [3.05, 3.63) is 0 Å². The van der Waals surface area contributed by atoms with Crippen molar-refractivity contribution in [2.24, 2.45) is 11.8 Å². The molecule has 0 aromatic rings. The van der Waals surface area contributed by atoms with Gasteiger partial charge in [0.05, 0.1) is 37.3 Å². The third kappa shape index (κ3) is 3.58. The molecule has 0 spiro atoms.